The number of nitrogens with one attached hydrogen (secondary N) is 1. The lowest BCUT2D eigenvalue weighted by Gasteiger charge is -2.31. The molecule has 0 unspecified atom stereocenters. The summed E-state index contributed by atoms with van der Waals surface area (Å²) in [4.78, 5) is 31.9. The molecule has 2 heterocycles. The maximum atomic E-state index is 12.8. The molecule has 3 aromatic rings. The van der Waals surface area contributed by atoms with Crippen LogP contribution in [0, 0.1) is 5.92 Å². The first-order chi connectivity index (χ1) is 16.1. The van der Waals surface area contributed by atoms with Crippen LogP contribution < -0.4 is 10.1 Å². The number of piperidine rings is 1. The first kappa shape index (κ1) is 23.0. The van der Waals surface area contributed by atoms with E-state index in [1.807, 2.05) is 71.8 Å². The first-order valence-corrected chi connectivity index (χ1v) is 12.3. The second-order valence-electron chi connectivity index (χ2n) is 8.11. The van der Waals surface area contributed by atoms with Gasteiger partial charge < -0.3 is 15.0 Å². The molecule has 7 heteroatoms. The van der Waals surface area contributed by atoms with E-state index in [9.17, 15) is 9.59 Å². The van der Waals surface area contributed by atoms with Crippen molar-refractivity contribution in [2.24, 2.45) is 5.92 Å². The van der Waals surface area contributed by atoms with Crippen molar-refractivity contribution in [1.82, 2.24) is 15.2 Å². The zero-order chi connectivity index (χ0) is 23.0. The molecule has 6 nitrogen and oxygen atoms in total. The minimum atomic E-state index is -0.0429. The molecule has 0 saturated carbocycles. The van der Waals surface area contributed by atoms with E-state index in [-0.39, 0.29) is 24.2 Å². The van der Waals surface area contributed by atoms with Crippen LogP contribution in [0.5, 0.6) is 5.75 Å². The van der Waals surface area contributed by atoms with E-state index in [0.29, 0.717) is 39.1 Å². The lowest BCUT2D eigenvalue weighted by molar-refractivity contribution is -0.135. The highest BCUT2D eigenvalue weighted by molar-refractivity contribution is 7.13. The SMILES string of the molecule is CCOc1ccccc1-c1nc(CC(=O)N2CCC(C(=O)NCc3ccccc3)CC2)cs1. The smallest absolute Gasteiger partial charge is 0.228 e. The number of hydrogen-bond donors (Lipinski definition) is 1. The molecule has 2 aromatic carbocycles. The van der Waals surface area contributed by atoms with Crippen molar-refractivity contribution in [2.45, 2.75) is 32.7 Å². The number of likely N-dealkylation sites (tertiary alicyclic amines) is 1. The topological polar surface area (TPSA) is 71.5 Å². The fourth-order valence-corrected chi connectivity index (χ4v) is 4.87. The summed E-state index contributed by atoms with van der Waals surface area (Å²) >= 11 is 1.52. The Bertz CT molecular complexity index is 1080. The van der Waals surface area contributed by atoms with Crippen LogP contribution in [0.4, 0.5) is 0 Å². The van der Waals surface area contributed by atoms with Crippen molar-refractivity contribution in [3.05, 3.63) is 71.2 Å². The van der Waals surface area contributed by atoms with Crippen LogP contribution in [-0.4, -0.2) is 41.4 Å². The van der Waals surface area contributed by atoms with Gasteiger partial charge in [0.25, 0.3) is 0 Å². The first-order valence-electron chi connectivity index (χ1n) is 11.4. The van der Waals surface area contributed by atoms with Crippen molar-refractivity contribution < 1.29 is 14.3 Å². The number of ether oxygens (including phenoxy) is 1. The molecule has 1 fully saturated rings. The van der Waals surface area contributed by atoms with E-state index >= 15 is 0 Å². The quantitative estimate of drug-likeness (QED) is 0.541. The number of para-hydroxylation sites is 1. The Morgan fingerprint density at radius 2 is 1.82 bits per heavy atom. The predicted octanol–water partition coefficient (Wildman–Crippen LogP) is 4.31. The van der Waals surface area contributed by atoms with Gasteiger partial charge >= 0.3 is 0 Å². The fourth-order valence-electron chi connectivity index (χ4n) is 4.02. The van der Waals surface area contributed by atoms with E-state index < -0.39 is 0 Å². The molecule has 0 bridgehead atoms. The molecule has 1 aliphatic rings. The fraction of sp³-hybridized carbons (Fsp3) is 0.346. The van der Waals surface area contributed by atoms with E-state index in [1.165, 1.54) is 11.3 Å². The Balaban J connectivity index is 1.27. The molecular weight excluding hydrogens is 434 g/mol. The summed E-state index contributed by atoms with van der Waals surface area (Å²) in [6, 6.07) is 17.7. The monoisotopic (exact) mass is 463 g/mol. The van der Waals surface area contributed by atoms with Gasteiger partial charge in [0.2, 0.25) is 11.8 Å². The Labute approximate surface area is 198 Å². The summed E-state index contributed by atoms with van der Waals surface area (Å²) in [5, 5.41) is 5.82. The minimum Gasteiger partial charge on any atom is -0.493 e. The Morgan fingerprint density at radius 1 is 1.09 bits per heavy atom. The highest BCUT2D eigenvalue weighted by Crippen LogP contribution is 2.32. The highest BCUT2D eigenvalue weighted by atomic mass is 32.1. The normalized spacial score (nSPS) is 14.2. The predicted molar refractivity (Wildman–Crippen MR) is 130 cm³/mol. The van der Waals surface area contributed by atoms with E-state index in [2.05, 4.69) is 10.3 Å². The van der Waals surface area contributed by atoms with Crippen LogP contribution in [-0.2, 0) is 22.6 Å². The Morgan fingerprint density at radius 3 is 2.58 bits per heavy atom. The van der Waals surface area contributed by atoms with Crippen molar-refractivity contribution >= 4 is 23.2 Å². The van der Waals surface area contributed by atoms with Crippen LogP contribution in [0.3, 0.4) is 0 Å². The third-order valence-electron chi connectivity index (χ3n) is 5.83. The zero-order valence-corrected chi connectivity index (χ0v) is 19.6. The largest absolute Gasteiger partial charge is 0.493 e. The van der Waals surface area contributed by atoms with Gasteiger partial charge in [-0.15, -0.1) is 11.3 Å². The lowest BCUT2D eigenvalue weighted by atomic mass is 9.95. The van der Waals surface area contributed by atoms with Gasteiger partial charge in [0.05, 0.1) is 24.3 Å². The van der Waals surface area contributed by atoms with E-state index in [1.54, 1.807) is 0 Å². The minimum absolute atomic E-state index is 0.0429. The van der Waals surface area contributed by atoms with Crippen LogP contribution in [0.2, 0.25) is 0 Å². The van der Waals surface area contributed by atoms with Gasteiger partial charge in [-0.3, -0.25) is 9.59 Å². The average molecular weight is 464 g/mol. The van der Waals surface area contributed by atoms with Gasteiger partial charge in [-0.2, -0.15) is 0 Å². The van der Waals surface area contributed by atoms with Gasteiger partial charge in [0, 0.05) is 30.9 Å². The summed E-state index contributed by atoms with van der Waals surface area (Å²) in [7, 11) is 0. The molecule has 1 aromatic heterocycles. The van der Waals surface area contributed by atoms with Crippen molar-refractivity contribution in [3.63, 3.8) is 0 Å². The number of benzene rings is 2. The molecule has 1 N–H and O–H groups in total. The van der Waals surface area contributed by atoms with Crippen LogP contribution in [0.15, 0.2) is 60.0 Å². The third-order valence-corrected chi connectivity index (χ3v) is 6.75. The van der Waals surface area contributed by atoms with Crippen LogP contribution >= 0.6 is 11.3 Å². The molecule has 172 valence electrons. The Hall–Kier alpha value is -3.19. The number of rotatable bonds is 8. The van der Waals surface area contributed by atoms with Gasteiger partial charge in [-0.1, -0.05) is 42.5 Å². The number of amides is 2. The number of carbonyl (C=O) groups excluding carboxylic acids is 2. The third kappa shape index (κ3) is 5.99. The van der Waals surface area contributed by atoms with Gasteiger partial charge in [0.1, 0.15) is 10.8 Å². The molecule has 4 rings (SSSR count). The maximum absolute atomic E-state index is 12.8. The molecule has 0 atom stereocenters. The number of carbonyl (C=O) groups is 2. The van der Waals surface area contributed by atoms with Gasteiger partial charge in [-0.25, -0.2) is 4.98 Å². The summed E-state index contributed by atoms with van der Waals surface area (Å²) in [6.07, 6.45) is 1.66. The van der Waals surface area contributed by atoms with Gasteiger partial charge in [0.15, 0.2) is 0 Å². The number of nitrogens with zero attached hydrogens (tertiary/aromatic N) is 2. The molecule has 0 aliphatic carbocycles. The summed E-state index contributed by atoms with van der Waals surface area (Å²) < 4.78 is 5.71. The second kappa shape index (κ2) is 11.1. The number of aromatic nitrogens is 1. The maximum Gasteiger partial charge on any atom is 0.228 e. The molecule has 0 spiro atoms. The zero-order valence-electron chi connectivity index (χ0n) is 18.8. The molecular formula is C26H29N3O3S. The molecule has 1 saturated heterocycles. The standard InChI is InChI=1S/C26H29N3O3S/c1-2-32-23-11-7-6-10-22(23)26-28-21(18-33-26)16-24(30)29-14-12-20(13-15-29)25(31)27-17-19-8-4-3-5-9-19/h3-11,18,20H,2,12-17H2,1H3,(H,27,31). The number of thiazole rings is 1. The summed E-state index contributed by atoms with van der Waals surface area (Å²) in [6.45, 7) is 4.29. The highest BCUT2D eigenvalue weighted by Gasteiger charge is 2.27. The van der Waals surface area contributed by atoms with E-state index in [4.69, 9.17) is 4.74 Å². The van der Waals surface area contributed by atoms with Gasteiger partial charge in [-0.05, 0) is 37.5 Å². The van der Waals surface area contributed by atoms with Crippen LogP contribution in [0.25, 0.3) is 10.6 Å². The molecule has 0 radical (unpaired) electrons. The Kier molecular flexibility index (Phi) is 7.73. The molecule has 2 amide bonds. The van der Waals surface area contributed by atoms with Crippen molar-refractivity contribution in [3.8, 4) is 16.3 Å². The second-order valence-corrected chi connectivity index (χ2v) is 8.97. The average Bonchev–Trinajstić information content (AvgIpc) is 3.32. The van der Waals surface area contributed by atoms with Crippen molar-refractivity contribution in [1.29, 1.82) is 0 Å². The van der Waals surface area contributed by atoms with Crippen LogP contribution in [0.1, 0.15) is 31.0 Å². The summed E-state index contributed by atoms with van der Waals surface area (Å²) in [5.74, 6) is 0.898. The summed E-state index contributed by atoms with van der Waals surface area (Å²) in [5.41, 5.74) is 2.81. The van der Waals surface area contributed by atoms with Crippen molar-refractivity contribution in [2.75, 3.05) is 19.7 Å². The lowest BCUT2D eigenvalue weighted by Crippen LogP contribution is -2.43. The molecule has 33 heavy (non-hydrogen) atoms. The molecule has 1 aliphatic heterocycles. The van der Waals surface area contributed by atoms with E-state index in [0.717, 1.165) is 27.6 Å². The number of hydrogen-bond acceptors (Lipinski definition) is 5.